The van der Waals surface area contributed by atoms with Crippen LogP contribution in [0.5, 0.6) is 0 Å². The predicted octanol–water partition coefficient (Wildman–Crippen LogP) is 3.37. The van der Waals surface area contributed by atoms with Crippen LogP contribution >= 0.6 is 11.8 Å². The van der Waals surface area contributed by atoms with Crippen molar-refractivity contribution in [1.82, 2.24) is 5.32 Å². The largest absolute Gasteiger partial charge is 0.465 e. The van der Waals surface area contributed by atoms with Gasteiger partial charge in [0.05, 0.1) is 6.61 Å². The second-order valence-corrected chi connectivity index (χ2v) is 6.77. The van der Waals surface area contributed by atoms with Gasteiger partial charge in [0.15, 0.2) is 0 Å². The summed E-state index contributed by atoms with van der Waals surface area (Å²) in [5.74, 6) is 2.37. The van der Waals surface area contributed by atoms with Gasteiger partial charge in [-0.3, -0.25) is 10.1 Å². The molecule has 1 saturated carbocycles. The maximum absolute atomic E-state index is 12.1. The number of rotatable bonds is 11. The fourth-order valence-electron chi connectivity index (χ4n) is 2.13. The van der Waals surface area contributed by atoms with Crippen molar-refractivity contribution in [1.29, 1.82) is 0 Å². The molecule has 0 radical (unpaired) electrons. The Kier molecular flexibility index (Phi) is 7.84. The van der Waals surface area contributed by atoms with Gasteiger partial charge in [-0.1, -0.05) is 13.3 Å². The molecule has 112 valence electrons. The Morgan fingerprint density at radius 2 is 2.05 bits per heavy atom. The van der Waals surface area contributed by atoms with E-state index in [-0.39, 0.29) is 5.97 Å². The molecule has 1 aliphatic carbocycles. The van der Waals surface area contributed by atoms with Crippen LogP contribution in [-0.4, -0.2) is 35.7 Å². The first-order chi connectivity index (χ1) is 9.12. The SMILES string of the molecule is CCCSCCCCC(C)(NC1CC1)C(=O)OCC. The molecule has 0 aliphatic heterocycles. The maximum Gasteiger partial charge on any atom is 0.326 e. The average molecular weight is 287 g/mol. The lowest BCUT2D eigenvalue weighted by molar-refractivity contribution is -0.151. The molecule has 19 heavy (non-hydrogen) atoms. The summed E-state index contributed by atoms with van der Waals surface area (Å²) in [6, 6.07) is 0.531. The van der Waals surface area contributed by atoms with Gasteiger partial charge in [0, 0.05) is 6.04 Å². The zero-order valence-electron chi connectivity index (χ0n) is 12.7. The number of nitrogens with one attached hydrogen (secondary N) is 1. The van der Waals surface area contributed by atoms with E-state index < -0.39 is 5.54 Å². The van der Waals surface area contributed by atoms with Crippen molar-refractivity contribution in [3.05, 3.63) is 0 Å². The first kappa shape index (κ1) is 16.8. The molecule has 0 bridgehead atoms. The van der Waals surface area contributed by atoms with Crippen LogP contribution < -0.4 is 5.32 Å². The van der Waals surface area contributed by atoms with Crippen molar-refractivity contribution in [3.8, 4) is 0 Å². The molecule has 0 amide bonds. The summed E-state index contributed by atoms with van der Waals surface area (Å²) < 4.78 is 5.22. The fraction of sp³-hybridized carbons (Fsp3) is 0.933. The molecule has 0 spiro atoms. The standard InChI is InChI=1S/C15H29NO2S/c1-4-11-19-12-7-6-10-15(3,14(17)18-5-2)16-13-8-9-13/h13,16H,4-12H2,1-3H3. The molecule has 1 unspecified atom stereocenters. The Bertz CT molecular complexity index is 269. The molecule has 0 saturated heterocycles. The quantitative estimate of drug-likeness (QED) is 0.467. The van der Waals surface area contributed by atoms with Gasteiger partial charge in [0.2, 0.25) is 0 Å². The third-order valence-electron chi connectivity index (χ3n) is 3.39. The lowest BCUT2D eigenvalue weighted by Crippen LogP contribution is -2.51. The molecular weight excluding hydrogens is 258 g/mol. The van der Waals surface area contributed by atoms with E-state index in [0.29, 0.717) is 12.6 Å². The van der Waals surface area contributed by atoms with Crippen molar-refractivity contribution < 1.29 is 9.53 Å². The normalized spacial score (nSPS) is 18.1. The van der Waals surface area contributed by atoms with E-state index in [1.807, 2.05) is 25.6 Å². The molecule has 0 heterocycles. The zero-order valence-corrected chi connectivity index (χ0v) is 13.5. The van der Waals surface area contributed by atoms with Crippen molar-refractivity contribution >= 4 is 17.7 Å². The first-order valence-corrected chi connectivity index (χ1v) is 8.80. The van der Waals surface area contributed by atoms with Crippen LogP contribution in [0.25, 0.3) is 0 Å². The lowest BCUT2D eigenvalue weighted by atomic mass is 9.94. The highest BCUT2D eigenvalue weighted by molar-refractivity contribution is 7.99. The Morgan fingerprint density at radius 3 is 2.63 bits per heavy atom. The van der Waals surface area contributed by atoms with Gasteiger partial charge in [-0.15, -0.1) is 0 Å². The smallest absolute Gasteiger partial charge is 0.326 e. The molecule has 1 atom stereocenters. The van der Waals surface area contributed by atoms with Gasteiger partial charge < -0.3 is 4.74 Å². The Hall–Kier alpha value is -0.220. The number of carbonyl (C=O) groups is 1. The third-order valence-corrected chi connectivity index (χ3v) is 4.66. The summed E-state index contributed by atoms with van der Waals surface area (Å²) in [6.45, 7) is 6.55. The van der Waals surface area contributed by atoms with Gasteiger partial charge in [-0.25, -0.2) is 0 Å². The zero-order chi connectivity index (χ0) is 14.1. The van der Waals surface area contributed by atoms with Crippen LogP contribution in [-0.2, 0) is 9.53 Å². The Morgan fingerprint density at radius 1 is 1.32 bits per heavy atom. The van der Waals surface area contributed by atoms with Crippen molar-refractivity contribution in [2.24, 2.45) is 0 Å². The van der Waals surface area contributed by atoms with E-state index in [1.54, 1.807) is 0 Å². The van der Waals surface area contributed by atoms with Crippen LogP contribution in [0.3, 0.4) is 0 Å². The maximum atomic E-state index is 12.1. The van der Waals surface area contributed by atoms with E-state index in [2.05, 4.69) is 12.2 Å². The first-order valence-electron chi connectivity index (χ1n) is 7.65. The fourth-order valence-corrected chi connectivity index (χ4v) is 3.03. The van der Waals surface area contributed by atoms with Crippen LogP contribution in [0, 0.1) is 0 Å². The number of hydrogen-bond acceptors (Lipinski definition) is 4. The number of esters is 1. The molecule has 1 rings (SSSR count). The molecule has 1 N–H and O–H groups in total. The molecule has 0 aromatic carbocycles. The minimum absolute atomic E-state index is 0.0805. The van der Waals surface area contributed by atoms with E-state index in [1.165, 1.54) is 37.2 Å². The Balaban J connectivity index is 2.29. The van der Waals surface area contributed by atoms with Crippen LogP contribution in [0.15, 0.2) is 0 Å². The summed E-state index contributed by atoms with van der Waals surface area (Å²) in [5, 5.41) is 3.47. The van der Waals surface area contributed by atoms with Crippen molar-refractivity contribution in [2.75, 3.05) is 18.1 Å². The highest BCUT2D eigenvalue weighted by Gasteiger charge is 2.38. The highest BCUT2D eigenvalue weighted by Crippen LogP contribution is 2.26. The summed E-state index contributed by atoms with van der Waals surface area (Å²) in [6.07, 6.45) is 6.80. The number of thioether (sulfide) groups is 1. The van der Waals surface area contributed by atoms with E-state index >= 15 is 0 Å². The van der Waals surface area contributed by atoms with E-state index in [9.17, 15) is 4.79 Å². The van der Waals surface area contributed by atoms with Gasteiger partial charge in [-0.2, -0.15) is 11.8 Å². The number of hydrogen-bond donors (Lipinski definition) is 1. The molecule has 0 aromatic heterocycles. The monoisotopic (exact) mass is 287 g/mol. The Labute approximate surface area is 122 Å². The summed E-state index contributed by atoms with van der Waals surface area (Å²) in [4.78, 5) is 12.1. The molecule has 1 fully saturated rings. The van der Waals surface area contributed by atoms with E-state index in [4.69, 9.17) is 4.74 Å². The number of carbonyl (C=O) groups excluding carboxylic acids is 1. The number of ether oxygens (including phenoxy) is 1. The van der Waals surface area contributed by atoms with E-state index in [0.717, 1.165) is 12.8 Å². The summed E-state index contributed by atoms with van der Waals surface area (Å²) >= 11 is 2.01. The van der Waals surface area contributed by atoms with Gasteiger partial charge >= 0.3 is 5.97 Å². The van der Waals surface area contributed by atoms with Gasteiger partial charge in [0.1, 0.15) is 5.54 Å². The van der Waals surface area contributed by atoms with Gasteiger partial charge in [-0.05, 0) is 57.5 Å². The topological polar surface area (TPSA) is 38.3 Å². The van der Waals surface area contributed by atoms with Crippen LogP contribution in [0.4, 0.5) is 0 Å². The second kappa shape index (κ2) is 8.85. The molecule has 0 aromatic rings. The van der Waals surface area contributed by atoms with Crippen LogP contribution in [0.1, 0.15) is 59.3 Å². The van der Waals surface area contributed by atoms with Gasteiger partial charge in [0.25, 0.3) is 0 Å². The third kappa shape index (κ3) is 6.66. The van der Waals surface area contributed by atoms with Crippen molar-refractivity contribution in [3.63, 3.8) is 0 Å². The summed E-state index contributed by atoms with van der Waals surface area (Å²) in [7, 11) is 0. The number of unbranched alkanes of at least 4 members (excludes halogenated alkanes) is 1. The molecule has 4 heteroatoms. The summed E-state index contributed by atoms with van der Waals surface area (Å²) in [5.41, 5.74) is -0.480. The minimum Gasteiger partial charge on any atom is -0.465 e. The highest BCUT2D eigenvalue weighted by atomic mass is 32.2. The molecule has 3 nitrogen and oxygen atoms in total. The molecule has 1 aliphatic rings. The lowest BCUT2D eigenvalue weighted by Gasteiger charge is -2.28. The average Bonchev–Trinajstić information content (AvgIpc) is 3.17. The predicted molar refractivity (Wildman–Crippen MR) is 82.7 cm³/mol. The second-order valence-electron chi connectivity index (χ2n) is 5.54. The van der Waals surface area contributed by atoms with Crippen molar-refractivity contribution in [2.45, 2.75) is 70.9 Å². The molecular formula is C15H29NO2S. The minimum atomic E-state index is -0.480. The van der Waals surface area contributed by atoms with Crippen LogP contribution in [0.2, 0.25) is 0 Å².